The predicted octanol–water partition coefficient (Wildman–Crippen LogP) is 3.22. The monoisotopic (exact) mass is 363 g/mol. The van der Waals surface area contributed by atoms with E-state index in [9.17, 15) is 9.18 Å². The van der Waals surface area contributed by atoms with Crippen molar-refractivity contribution in [3.8, 4) is 11.4 Å². The van der Waals surface area contributed by atoms with Gasteiger partial charge in [0.05, 0.1) is 11.7 Å². The Hall–Kier alpha value is -3.09. The van der Waals surface area contributed by atoms with Crippen molar-refractivity contribution < 1.29 is 9.18 Å². The molecule has 1 saturated heterocycles. The Morgan fingerprint density at radius 3 is 2.81 bits per heavy atom. The van der Waals surface area contributed by atoms with Gasteiger partial charge in [-0.25, -0.2) is 14.4 Å². The van der Waals surface area contributed by atoms with Gasteiger partial charge in [-0.2, -0.15) is 5.10 Å². The minimum atomic E-state index is -0.280. The number of nitrogens with zero attached hydrogens (tertiary/aromatic N) is 4. The number of carbonyl (C=O) groups excluding carboxylic acids is 1. The molecule has 1 fully saturated rings. The van der Waals surface area contributed by atoms with Gasteiger partial charge in [-0.15, -0.1) is 0 Å². The van der Waals surface area contributed by atoms with Crippen molar-refractivity contribution in [2.75, 3.05) is 0 Å². The van der Waals surface area contributed by atoms with E-state index < -0.39 is 0 Å². The van der Waals surface area contributed by atoms with E-state index in [1.807, 2.05) is 18.0 Å². The predicted molar refractivity (Wildman–Crippen MR) is 96.4 cm³/mol. The zero-order valence-corrected chi connectivity index (χ0v) is 14.8. The summed E-state index contributed by atoms with van der Waals surface area (Å²) in [4.78, 5) is 24.1. The normalized spacial score (nSPS) is 20.6. The molecular formula is C20H18FN5O. The van der Waals surface area contributed by atoms with Crippen LogP contribution in [0.1, 0.15) is 46.3 Å². The highest BCUT2D eigenvalue weighted by Gasteiger charge is 2.44. The first kappa shape index (κ1) is 16.1. The first-order chi connectivity index (χ1) is 13.1. The van der Waals surface area contributed by atoms with E-state index >= 15 is 0 Å². The molecule has 3 aromatic rings. The Kier molecular flexibility index (Phi) is 3.56. The molecule has 2 unspecified atom stereocenters. The van der Waals surface area contributed by atoms with Crippen LogP contribution >= 0.6 is 0 Å². The van der Waals surface area contributed by atoms with Crippen molar-refractivity contribution in [2.45, 2.75) is 38.3 Å². The van der Waals surface area contributed by atoms with Gasteiger partial charge in [-0.3, -0.25) is 9.89 Å². The number of halogens is 1. The largest absolute Gasteiger partial charge is 0.327 e. The van der Waals surface area contributed by atoms with Crippen LogP contribution in [0.5, 0.6) is 0 Å². The third kappa shape index (κ3) is 2.61. The maximum atomic E-state index is 13.2. The molecule has 0 radical (unpaired) electrons. The molecule has 1 N–H and O–H groups in total. The van der Waals surface area contributed by atoms with Crippen LogP contribution in [-0.2, 0) is 6.42 Å². The minimum Gasteiger partial charge on any atom is -0.327 e. The summed E-state index contributed by atoms with van der Waals surface area (Å²) in [5, 5.41) is 6.96. The van der Waals surface area contributed by atoms with E-state index in [1.165, 1.54) is 12.1 Å². The average Bonchev–Trinajstić information content (AvgIpc) is 3.24. The van der Waals surface area contributed by atoms with Crippen LogP contribution in [0, 0.1) is 12.7 Å². The van der Waals surface area contributed by atoms with Gasteiger partial charge in [0, 0.05) is 35.5 Å². The number of H-pyrrole nitrogens is 1. The summed E-state index contributed by atoms with van der Waals surface area (Å²) in [5.74, 6) is 0.272. The molecule has 2 aliphatic heterocycles. The molecule has 6 nitrogen and oxygen atoms in total. The van der Waals surface area contributed by atoms with Crippen LogP contribution in [0.3, 0.4) is 0 Å². The fourth-order valence-electron chi connectivity index (χ4n) is 4.19. The van der Waals surface area contributed by atoms with Crippen molar-refractivity contribution >= 4 is 5.91 Å². The number of hydrogen-bond donors (Lipinski definition) is 1. The van der Waals surface area contributed by atoms with Crippen LogP contribution < -0.4 is 0 Å². The van der Waals surface area contributed by atoms with Crippen LogP contribution in [-0.4, -0.2) is 37.0 Å². The lowest BCUT2D eigenvalue weighted by atomic mass is 9.98. The smallest absolute Gasteiger partial charge is 0.275 e. The number of hydrogen-bond acceptors (Lipinski definition) is 4. The summed E-state index contributed by atoms with van der Waals surface area (Å²) in [6.45, 7) is 1.88. The molecule has 2 atom stereocenters. The second-order valence-corrected chi connectivity index (χ2v) is 7.20. The molecule has 0 saturated carbocycles. The van der Waals surface area contributed by atoms with Gasteiger partial charge < -0.3 is 4.90 Å². The molecule has 7 heteroatoms. The van der Waals surface area contributed by atoms with E-state index in [-0.39, 0.29) is 23.8 Å². The molecule has 4 heterocycles. The van der Waals surface area contributed by atoms with E-state index in [2.05, 4.69) is 15.2 Å². The van der Waals surface area contributed by atoms with E-state index in [0.717, 1.165) is 35.4 Å². The van der Waals surface area contributed by atoms with Gasteiger partial charge in [0.2, 0.25) is 0 Å². The lowest BCUT2D eigenvalue weighted by molar-refractivity contribution is 0.0637. The molecular weight excluding hydrogens is 345 g/mol. The Balaban J connectivity index is 1.49. The molecule has 1 amide bonds. The Bertz CT molecular complexity index is 1030. The van der Waals surface area contributed by atoms with Gasteiger partial charge in [0.1, 0.15) is 11.5 Å². The number of aryl methyl sites for hydroxylation is 1. The lowest BCUT2D eigenvalue weighted by Gasteiger charge is -2.35. The summed E-state index contributed by atoms with van der Waals surface area (Å²) in [5.41, 5.74) is 4.11. The Morgan fingerprint density at radius 1 is 1.26 bits per heavy atom. The Labute approximate surface area is 155 Å². The second kappa shape index (κ2) is 5.97. The van der Waals surface area contributed by atoms with Crippen molar-refractivity contribution in [2.24, 2.45) is 0 Å². The zero-order chi connectivity index (χ0) is 18.5. The van der Waals surface area contributed by atoms with Gasteiger partial charge in [-0.05, 0) is 50.1 Å². The summed E-state index contributed by atoms with van der Waals surface area (Å²) in [7, 11) is 0. The van der Waals surface area contributed by atoms with Crippen molar-refractivity contribution in [3.05, 3.63) is 65.0 Å². The number of benzene rings is 1. The molecule has 2 bridgehead atoms. The van der Waals surface area contributed by atoms with Crippen LogP contribution in [0.4, 0.5) is 4.39 Å². The van der Waals surface area contributed by atoms with E-state index in [4.69, 9.17) is 4.98 Å². The SMILES string of the molecule is Cc1cc(C(=O)N2C3CCC2c2cnc(-c4ccc(F)cc4)nc2C3)n[nH]1. The van der Waals surface area contributed by atoms with Gasteiger partial charge in [0.15, 0.2) is 5.82 Å². The number of aromatic nitrogens is 4. The number of amides is 1. The summed E-state index contributed by atoms with van der Waals surface area (Å²) in [6.07, 6.45) is 4.38. The lowest BCUT2D eigenvalue weighted by Crippen LogP contribution is -2.42. The molecule has 1 aromatic carbocycles. The number of aromatic amines is 1. The standard InChI is InChI=1S/C20H18FN5O/c1-11-8-17(25-24-11)20(27)26-14-6-7-18(26)15-10-22-19(23-16(15)9-14)12-2-4-13(21)5-3-12/h2-5,8,10,14,18H,6-7,9H2,1H3,(H,24,25). The highest BCUT2D eigenvalue weighted by molar-refractivity contribution is 5.93. The van der Waals surface area contributed by atoms with Crippen molar-refractivity contribution in [3.63, 3.8) is 0 Å². The molecule has 2 aliphatic rings. The molecule has 0 spiro atoms. The topological polar surface area (TPSA) is 74.8 Å². The molecule has 27 heavy (non-hydrogen) atoms. The third-order valence-electron chi connectivity index (χ3n) is 5.45. The highest BCUT2D eigenvalue weighted by Crippen LogP contribution is 2.43. The first-order valence-corrected chi connectivity index (χ1v) is 9.06. The van der Waals surface area contributed by atoms with Crippen LogP contribution in [0.25, 0.3) is 11.4 Å². The molecule has 136 valence electrons. The highest BCUT2D eigenvalue weighted by atomic mass is 19.1. The fraction of sp³-hybridized carbons (Fsp3) is 0.300. The second-order valence-electron chi connectivity index (χ2n) is 7.20. The molecule has 0 aliphatic carbocycles. The third-order valence-corrected chi connectivity index (χ3v) is 5.45. The zero-order valence-electron chi connectivity index (χ0n) is 14.8. The van der Waals surface area contributed by atoms with Gasteiger partial charge in [-0.1, -0.05) is 0 Å². The summed E-state index contributed by atoms with van der Waals surface area (Å²) >= 11 is 0. The average molecular weight is 363 g/mol. The van der Waals surface area contributed by atoms with Gasteiger partial charge >= 0.3 is 0 Å². The van der Waals surface area contributed by atoms with Crippen molar-refractivity contribution in [1.29, 1.82) is 0 Å². The quantitative estimate of drug-likeness (QED) is 0.759. The number of rotatable bonds is 2. The Morgan fingerprint density at radius 2 is 2.07 bits per heavy atom. The maximum Gasteiger partial charge on any atom is 0.275 e. The van der Waals surface area contributed by atoms with E-state index in [0.29, 0.717) is 17.9 Å². The molecule has 5 rings (SSSR count). The number of nitrogens with one attached hydrogen (secondary N) is 1. The first-order valence-electron chi connectivity index (χ1n) is 9.06. The van der Waals surface area contributed by atoms with Crippen LogP contribution in [0.2, 0.25) is 0 Å². The number of carbonyl (C=O) groups is 1. The number of fused-ring (bicyclic) bond motifs is 4. The van der Waals surface area contributed by atoms with E-state index in [1.54, 1.807) is 18.2 Å². The fourth-order valence-corrected chi connectivity index (χ4v) is 4.19. The van der Waals surface area contributed by atoms with Gasteiger partial charge in [0.25, 0.3) is 5.91 Å². The summed E-state index contributed by atoms with van der Waals surface area (Å²) in [6, 6.07) is 8.09. The summed E-state index contributed by atoms with van der Waals surface area (Å²) < 4.78 is 13.2. The minimum absolute atomic E-state index is 0.00877. The van der Waals surface area contributed by atoms with Crippen molar-refractivity contribution in [1.82, 2.24) is 25.1 Å². The maximum absolute atomic E-state index is 13.2. The molecule has 2 aromatic heterocycles. The van der Waals surface area contributed by atoms with Crippen LogP contribution in [0.15, 0.2) is 36.5 Å².